The number of nitrogens with one attached hydrogen (secondary N) is 2. The van der Waals surface area contributed by atoms with Crippen LogP contribution in [0.3, 0.4) is 0 Å². The molecular weight excluding hydrogens is 424 g/mol. The van der Waals surface area contributed by atoms with Gasteiger partial charge < -0.3 is 9.88 Å². The third-order valence-corrected chi connectivity index (χ3v) is 5.42. The van der Waals surface area contributed by atoms with Crippen LogP contribution >= 0.6 is 11.6 Å². The molecule has 0 saturated heterocycles. The summed E-state index contributed by atoms with van der Waals surface area (Å²) >= 11 is 5.81. The summed E-state index contributed by atoms with van der Waals surface area (Å²) in [6.45, 7) is 2.95. The Bertz CT molecular complexity index is 1410. The first-order valence-corrected chi connectivity index (χ1v) is 10.4. The Morgan fingerprint density at radius 2 is 1.75 bits per heavy atom. The summed E-state index contributed by atoms with van der Waals surface area (Å²) < 4.78 is 2.24. The number of aryl methyl sites for hydroxylation is 1. The molecule has 0 aliphatic rings. The Kier molecular flexibility index (Phi) is 5.93. The highest BCUT2D eigenvalue weighted by Gasteiger charge is 2.15. The van der Waals surface area contributed by atoms with Crippen molar-refractivity contribution in [3.05, 3.63) is 89.1 Å². The van der Waals surface area contributed by atoms with Crippen LogP contribution in [-0.2, 0) is 11.3 Å². The summed E-state index contributed by atoms with van der Waals surface area (Å²) in [7, 11) is 0. The standard InChI is InChI=1S/C25H19ClN4O2/c1-2-30-22-6-4-3-5-20(22)21-13-19(11-12-23(21)30)28-15-17(14-27)25(32)29-24(31)16-7-9-18(26)10-8-16/h3-13,15,28H,2H2,1H3,(H,29,31,32)/b17-15-. The Labute approximate surface area is 189 Å². The van der Waals surface area contributed by atoms with Gasteiger partial charge in [0.2, 0.25) is 0 Å². The van der Waals surface area contributed by atoms with Crippen molar-refractivity contribution in [1.29, 1.82) is 5.26 Å². The van der Waals surface area contributed by atoms with Gasteiger partial charge >= 0.3 is 0 Å². The van der Waals surface area contributed by atoms with Crippen LogP contribution in [-0.4, -0.2) is 16.4 Å². The number of rotatable bonds is 5. The Morgan fingerprint density at radius 3 is 2.47 bits per heavy atom. The van der Waals surface area contributed by atoms with Gasteiger partial charge in [-0.2, -0.15) is 5.26 Å². The first-order valence-electron chi connectivity index (χ1n) is 10.0. The number of hydrogen-bond donors (Lipinski definition) is 2. The first-order chi connectivity index (χ1) is 15.5. The van der Waals surface area contributed by atoms with Crippen molar-refractivity contribution in [2.75, 3.05) is 5.32 Å². The molecule has 0 spiro atoms. The highest BCUT2D eigenvalue weighted by atomic mass is 35.5. The quantitative estimate of drug-likeness (QED) is 0.326. The van der Waals surface area contributed by atoms with E-state index in [9.17, 15) is 14.9 Å². The average molecular weight is 443 g/mol. The van der Waals surface area contributed by atoms with Gasteiger partial charge in [0.1, 0.15) is 11.6 Å². The molecule has 0 fully saturated rings. The predicted molar refractivity (Wildman–Crippen MR) is 126 cm³/mol. The summed E-state index contributed by atoms with van der Waals surface area (Å²) in [6.07, 6.45) is 1.30. The fourth-order valence-electron chi connectivity index (χ4n) is 3.63. The summed E-state index contributed by atoms with van der Waals surface area (Å²) in [5, 5.41) is 17.3. The van der Waals surface area contributed by atoms with E-state index in [1.165, 1.54) is 18.3 Å². The minimum absolute atomic E-state index is 0.219. The monoisotopic (exact) mass is 442 g/mol. The normalized spacial score (nSPS) is 11.3. The molecule has 4 aromatic rings. The molecule has 0 bridgehead atoms. The zero-order chi connectivity index (χ0) is 22.7. The lowest BCUT2D eigenvalue weighted by Crippen LogP contribution is -2.31. The number of nitrogens with zero attached hydrogens (tertiary/aromatic N) is 2. The van der Waals surface area contributed by atoms with E-state index in [1.807, 2.05) is 36.4 Å². The highest BCUT2D eigenvalue weighted by molar-refractivity contribution is 6.30. The number of aromatic nitrogens is 1. The molecule has 0 atom stereocenters. The number of benzene rings is 3. The molecule has 0 saturated carbocycles. The van der Waals surface area contributed by atoms with E-state index in [0.717, 1.165) is 34.0 Å². The summed E-state index contributed by atoms with van der Waals surface area (Å²) in [6, 6.07) is 22.0. The molecule has 6 nitrogen and oxygen atoms in total. The Morgan fingerprint density at radius 1 is 1.03 bits per heavy atom. The number of halogens is 1. The van der Waals surface area contributed by atoms with Crippen LogP contribution < -0.4 is 10.6 Å². The van der Waals surface area contributed by atoms with Gasteiger partial charge in [-0.25, -0.2) is 0 Å². The van der Waals surface area contributed by atoms with E-state index in [2.05, 4.69) is 34.3 Å². The number of amides is 2. The van der Waals surface area contributed by atoms with Crippen LogP contribution in [0.5, 0.6) is 0 Å². The second kappa shape index (κ2) is 8.96. The van der Waals surface area contributed by atoms with Crippen molar-refractivity contribution in [2.45, 2.75) is 13.5 Å². The third kappa shape index (κ3) is 4.07. The lowest BCUT2D eigenvalue weighted by atomic mass is 10.1. The summed E-state index contributed by atoms with van der Waals surface area (Å²) in [4.78, 5) is 24.6. The fourth-order valence-corrected chi connectivity index (χ4v) is 3.76. The van der Waals surface area contributed by atoms with E-state index in [1.54, 1.807) is 12.1 Å². The van der Waals surface area contributed by atoms with Crippen LogP contribution in [0.15, 0.2) is 78.5 Å². The number of anilines is 1. The molecule has 0 unspecified atom stereocenters. The molecule has 1 heterocycles. The lowest BCUT2D eigenvalue weighted by Gasteiger charge is -2.06. The van der Waals surface area contributed by atoms with E-state index in [0.29, 0.717) is 5.02 Å². The highest BCUT2D eigenvalue weighted by Crippen LogP contribution is 2.31. The average Bonchev–Trinajstić information content (AvgIpc) is 3.13. The van der Waals surface area contributed by atoms with Crippen molar-refractivity contribution in [3.63, 3.8) is 0 Å². The molecule has 2 amide bonds. The maximum absolute atomic E-state index is 12.4. The molecule has 0 radical (unpaired) electrons. The summed E-state index contributed by atoms with van der Waals surface area (Å²) in [5.74, 6) is -1.40. The number of nitriles is 1. The largest absolute Gasteiger partial charge is 0.360 e. The third-order valence-electron chi connectivity index (χ3n) is 5.17. The number of imide groups is 1. The van der Waals surface area contributed by atoms with Crippen LogP contribution in [0.1, 0.15) is 17.3 Å². The van der Waals surface area contributed by atoms with Crippen LogP contribution in [0.2, 0.25) is 5.02 Å². The molecule has 4 rings (SSSR count). The van der Waals surface area contributed by atoms with E-state index < -0.39 is 11.8 Å². The SMILES string of the molecule is CCn1c2ccccc2c2cc(N/C=C(/C#N)C(=O)NC(=O)c3ccc(Cl)cc3)ccc21. The van der Waals surface area contributed by atoms with Gasteiger partial charge in [0.15, 0.2) is 0 Å². The minimum Gasteiger partial charge on any atom is -0.360 e. The lowest BCUT2D eigenvalue weighted by molar-refractivity contribution is -0.116. The van der Waals surface area contributed by atoms with Gasteiger partial charge in [-0.15, -0.1) is 0 Å². The van der Waals surface area contributed by atoms with Gasteiger partial charge in [-0.1, -0.05) is 29.8 Å². The molecule has 0 aliphatic heterocycles. The molecular formula is C25H19ClN4O2. The minimum atomic E-state index is -0.788. The first kappa shape index (κ1) is 21.2. The fraction of sp³-hybridized carbons (Fsp3) is 0.0800. The van der Waals surface area contributed by atoms with Crippen molar-refractivity contribution in [1.82, 2.24) is 9.88 Å². The van der Waals surface area contributed by atoms with Crippen LogP contribution in [0.4, 0.5) is 5.69 Å². The topological polar surface area (TPSA) is 86.9 Å². The van der Waals surface area contributed by atoms with Crippen LogP contribution in [0, 0.1) is 11.3 Å². The van der Waals surface area contributed by atoms with Crippen LogP contribution in [0.25, 0.3) is 21.8 Å². The van der Waals surface area contributed by atoms with Gasteiger partial charge in [0.05, 0.1) is 0 Å². The van der Waals surface area contributed by atoms with Crippen molar-refractivity contribution < 1.29 is 9.59 Å². The van der Waals surface area contributed by atoms with E-state index in [4.69, 9.17) is 11.6 Å². The number of fused-ring (bicyclic) bond motifs is 3. The van der Waals surface area contributed by atoms with Gasteiger partial charge in [0.25, 0.3) is 11.8 Å². The number of carbonyl (C=O) groups excluding carboxylic acids is 2. The molecule has 2 N–H and O–H groups in total. The molecule has 158 valence electrons. The second-order valence-corrected chi connectivity index (χ2v) is 7.53. The molecule has 7 heteroatoms. The van der Waals surface area contributed by atoms with E-state index >= 15 is 0 Å². The predicted octanol–water partition coefficient (Wildman–Crippen LogP) is 5.24. The smallest absolute Gasteiger partial charge is 0.270 e. The molecule has 32 heavy (non-hydrogen) atoms. The molecule has 1 aromatic heterocycles. The molecule has 3 aromatic carbocycles. The number of para-hydroxylation sites is 1. The Hall–Kier alpha value is -4.08. The van der Waals surface area contributed by atoms with Crippen molar-refractivity contribution in [2.24, 2.45) is 0 Å². The molecule has 0 aliphatic carbocycles. The number of carbonyl (C=O) groups is 2. The summed E-state index contributed by atoms with van der Waals surface area (Å²) in [5.41, 5.74) is 3.03. The second-order valence-electron chi connectivity index (χ2n) is 7.10. The maximum atomic E-state index is 12.4. The van der Waals surface area contributed by atoms with Gasteiger partial charge in [-0.05, 0) is 55.5 Å². The zero-order valence-electron chi connectivity index (χ0n) is 17.2. The van der Waals surface area contributed by atoms with Crippen molar-refractivity contribution >= 4 is 50.9 Å². The van der Waals surface area contributed by atoms with Gasteiger partial charge in [-0.3, -0.25) is 14.9 Å². The van der Waals surface area contributed by atoms with Gasteiger partial charge in [0, 0.05) is 50.8 Å². The zero-order valence-corrected chi connectivity index (χ0v) is 18.0. The Balaban J connectivity index is 1.56. The maximum Gasteiger partial charge on any atom is 0.270 e. The van der Waals surface area contributed by atoms with E-state index in [-0.39, 0.29) is 11.1 Å². The van der Waals surface area contributed by atoms with Crippen molar-refractivity contribution in [3.8, 4) is 6.07 Å². The number of hydrogen-bond acceptors (Lipinski definition) is 4.